The fourth-order valence-corrected chi connectivity index (χ4v) is 6.56. The zero-order chi connectivity index (χ0) is 29.0. The molecule has 2 aromatic rings. The van der Waals surface area contributed by atoms with E-state index >= 15 is 0 Å². The molecule has 13 heteroatoms. The zero-order valence-corrected chi connectivity index (χ0v) is 24.0. The molecule has 0 spiro atoms. The smallest absolute Gasteiger partial charge is 0.306 e. The Kier molecular flexibility index (Phi) is 9.32. The minimum atomic E-state index is -3.99. The second-order valence-electron chi connectivity index (χ2n) is 10.1. The van der Waals surface area contributed by atoms with Gasteiger partial charge in [-0.1, -0.05) is 23.7 Å². The topological polar surface area (TPSA) is 142 Å². The first-order valence-corrected chi connectivity index (χ1v) is 15.0. The molecule has 0 aromatic heterocycles. The molecular weight excluding hydrogens is 560 g/mol. The lowest BCUT2D eigenvalue weighted by Gasteiger charge is -2.36. The van der Waals surface area contributed by atoms with Crippen molar-refractivity contribution >= 4 is 56.1 Å². The number of methoxy groups -OCH3 is 1. The van der Waals surface area contributed by atoms with Crippen LogP contribution >= 0.6 is 11.6 Å². The Morgan fingerprint density at radius 1 is 1.07 bits per heavy atom. The Morgan fingerprint density at radius 3 is 2.55 bits per heavy atom. The number of rotatable bonds is 9. The molecule has 2 heterocycles. The standard InChI is InChI=1S/C27H33ClN4O7S/c1-17(26(35)31-12-3-4-21(16-31)29-24(33)9-10-25(34)39-2)32-13-11-23(27(32)36)30-40(37,38)22-8-6-18-14-20(28)7-5-19(18)15-22/h5-8,14-15,17,21,23,30H,3-4,9-13,16H2,1-2H3,(H,29,33)/t17-,21?,23-/m0/s1. The molecule has 216 valence electrons. The maximum absolute atomic E-state index is 13.3. The third-order valence-electron chi connectivity index (χ3n) is 7.33. The van der Waals surface area contributed by atoms with Crippen LogP contribution in [0.25, 0.3) is 10.8 Å². The number of carbonyl (C=O) groups excluding carboxylic acids is 4. The average molecular weight is 593 g/mol. The van der Waals surface area contributed by atoms with E-state index in [1.807, 2.05) is 0 Å². The van der Waals surface area contributed by atoms with Gasteiger partial charge in [0.25, 0.3) is 0 Å². The van der Waals surface area contributed by atoms with Crippen molar-refractivity contribution < 1.29 is 32.3 Å². The number of amides is 3. The van der Waals surface area contributed by atoms with Gasteiger partial charge in [0.05, 0.1) is 18.4 Å². The minimum Gasteiger partial charge on any atom is -0.469 e. The van der Waals surface area contributed by atoms with Crippen LogP contribution in [0.15, 0.2) is 41.3 Å². The largest absolute Gasteiger partial charge is 0.469 e. The Bertz CT molecular complexity index is 1420. The van der Waals surface area contributed by atoms with Gasteiger partial charge in [0.2, 0.25) is 27.7 Å². The predicted molar refractivity (Wildman–Crippen MR) is 148 cm³/mol. The van der Waals surface area contributed by atoms with Crippen LogP contribution in [0, 0.1) is 0 Å². The second-order valence-corrected chi connectivity index (χ2v) is 12.2. The molecule has 0 saturated carbocycles. The Hall–Kier alpha value is -3.22. The maximum Gasteiger partial charge on any atom is 0.306 e. The number of halogens is 1. The van der Waals surface area contributed by atoms with E-state index in [-0.39, 0.29) is 48.6 Å². The van der Waals surface area contributed by atoms with Crippen LogP contribution in [0.3, 0.4) is 0 Å². The molecule has 2 fully saturated rings. The highest BCUT2D eigenvalue weighted by molar-refractivity contribution is 7.89. The van der Waals surface area contributed by atoms with Gasteiger partial charge in [0.15, 0.2) is 0 Å². The van der Waals surface area contributed by atoms with Crippen LogP contribution in [-0.2, 0) is 33.9 Å². The summed E-state index contributed by atoms with van der Waals surface area (Å²) in [4.78, 5) is 53.0. The number of hydrogen-bond acceptors (Lipinski definition) is 7. The van der Waals surface area contributed by atoms with E-state index in [9.17, 15) is 27.6 Å². The van der Waals surface area contributed by atoms with E-state index in [4.69, 9.17) is 11.6 Å². The maximum atomic E-state index is 13.3. The molecule has 3 atom stereocenters. The van der Waals surface area contributed by atoms with Gasteiger partial charge in [-0.15, -0.1) is 0 Å². The summed E-state index contributed by atoms with van der Waals surface area (Å²) in [5.74, 6) is -1.49. The van der Waals surface area contributed by atoms with Crippen LogP contribution in [0.4, 0.5) is 0 Å². The van der Waals surface area contributed by atoms with E-state index in [1.165, 1.54) is 24.1 Å². The minimum absolute atomic E-state index is 0.000649. The number of nitrogens with zero attached hydrogens (tertiary/aromatic N) is 2. The molecule has 2 aromatic carbocycles. The van der Waals surface area contributed by atoms with Crippen molar-refractivity contribution in [3.8, 4) is 0 Å². The highest BCUT2D eigenvalue weighted by atomic mass is 35.5. The molecule has 1 unspecified atom stereocenters. The summed E-state index contributed by atoms with van der Waals surface area (Å²) >= 11 is 6.01. The van der Waals surface area contributed by atoms with Crippen molar-refractivity contribution in [3.63, 3.8) is 0 Å². The summed E-state index contributed by atoms with van der Waals surface area (Å²) in [6.07, 6.45) is 1.58. The molecular formula is C27H33ClN4O7S. The van der Waals surface area contributed by atoms with Gasteiger partial charge < -0.3 is 19.9 Å². The summed E-state index contributed by atoms with van der Waals surface area (Å²) in [6, 6.07) is 7.75. The number of benzene rings is 2. The highest BCUT2D eigenvalue weighted by Crippen LogP contribution is 2.24. The fraction of sp³-hybridized carbons (Fsp3) is 0.481. The molecule has 2 aliphatic rings. The molecule has 2 aliphatic heterocycles. The zero-order valence-electron chi connectivity index (χ0n) is 22.4. The Labute approximate surface area is 238 Å². The SMILES string of the molecule is COC(=O)CCC(=O)NC1CCCN(C(=O)[C@H](C)N2CC[C@H](NS(=O)(=O)c3ccc4cc(Cl)ccc4c3)C2=O)C1. The van der Waals surface area contributed by atoms with E-state index in [0.29, 0.717) is 36.3 Å². The number of piperidine rings is 1. The number of fused-ring (bicyclic) bond motifs is 1. The summed E-state index contributed by atoms with van der Waals surface area (Å²) in [7, 11) is -2.73. The first-order chi connectivity index (χ1) is 19.0. The number of sulfonamides is 1. The number of nitrogens with one attached hydrogen (secondary N) is 2. The third-order valence-corrected chi connectivity index (χ3v) is 9.03. The monoisotopic (exact) mass is 592 g/mol. The van der Waals surface area contributed by atoms with Crippen molar-refractivity contribution in [2.24, 2.45) is 0 Å². The Morgan fingerprint density at radius 2 is 1.80 bits per heavy atom. The van der Waals surface area contributed by atoms with E-state index < -0.39 is 34.0 Å². The van der Waals surface area contributed by atoms with Gasteiger partial charge in [0, 0.05) is 37.1 Å². The number of likely N-dealkylation sites (tertiary alicyclic amines) is 2. The summed E-state index contributed by atoms with van der Waals surface area (Å²) in [5.41, 5.74) is 0. The van der Waals surface area contributed by atoms with Crippen molar-refractivity contribution in [3.05, 3.63) is 41.4 Å². The lowest BCUT2D eigenvalue weighted by atomic mass is 10.0. The van der Waals surface area contributed by atoms with Gasteiger partial charge in [-0.05, 0) is 61.2 Å². The average Bonchev–Trinajstić information content (AvgIpc) is 3.29. The van der Waals surface area contributed by atoms with Crippen molar-refractivity contribution in [1.29, 1.82) is 0 Å². The molecule has 4 rings (SSSR count). The van der Waals surface area contributed by atoms with Gasteiger partial charge in [-0.2, -0.15) is 4.72 Å². The van der Waals surface area contributed by atoms with Gasteiger partial charge in [-0.3, -0.25) is 19.2 Å². The predicted octanol–water partition coefficient (Wildman–Crippen LogP) is 1.82. The van der Waals surface area contributed by atoms with Crippen LogP contribution in [0.5, 0.6) is 0 Å². The summed E-state index contributed by atoms with van der Waals surface area (Å²) in [5, 5.41) is 4.90. The quantitative estimate of drug-likeness (QED) is 0.423. The highest BCUT2D eigenvalue weighted by Gasteiger charge is 2.40. The van der Waals surface area contributed by atoms with E-state index in [1.54, 1.807) is 36.1 Å². The van der Waals surface area contributed by atoms with Crippen LogP contribution < -0.4 is 10.0 Å². The third kappa shape index (κ3) is 6.91. The molecule has 0 aliphatic carbocycles. The van der Waals surface area contributed by atoms with Gasteiger partial charge in [0.1, 0.15) is 12.1 Å². The summed E-state index contributed by atoms with van der Waals surface area (Å²) < 4.78 is 33.2. The molecule has 11 nitrogen and oxygen atoms in total. The number of carbonyl (C=O) groups is 4. The first kappa shape index (κ1) is 29.8. The van der Waals surface area contributed by atoms with Gasteiger partial charge in [-0.25, -0.2) is 8.42 Å². The second kappa shape index (κ2) is 12.5. The molecule has 40 heavy (non-hydrogen) atoms. The molecule has 2 saturated heterocycles. The van der Waals surface area contributed by atoms with Crippen LogP contribution in [0.2, 0.25) is 5.02 Å². The number of hydrogen-bond donors (Lipinski definition) is 2. The van der Waals surface area contributed by atoms with Crippen LogP contribution in [-0.4, -0.2) is 86.8 Å². The van der Waals surface area contributed by atoms with Crippen molar-refractivity contribution in [2.75, 3.05) is 26.7 Å². The van der Waals surface area contributed by atoms with Crippen molar-refractivity contribution in [2.45, 2.75) is 62.0 Å². The fourth-order valence-electron chi connectivity index (χ4n) is 5.12. The lowest BCUT2D eigenvalue weighted by Crippen LogP contribution is -2.55. The van der Waals surface area contributed by atoms with Crippen molar-refractivity contribution in [1.82, 2.24) is 19.8 Å². The van der Waals surface area contributed by atoms with E-state index in [0.717, 1.165) is 5.39 Å². The summed E-state index contributed by atoms with van der Waals surface area (Å²) in [6.45, 7) is 2.64. The van der Waals surface area contributed by atoms with Crippen LogP contribution in [0.1, 0.15) is 39.0 Å². The number of esters is 1. The molecule has 2 N–H and O–H groups in total. The molecule has 3 amide bonds. The normalized spacial score (nSPS) is 20.4. The van der Waals surface area contributed by atoms with E-state index in [2.05, 4.69) is 14.8 Å². The Balaban J connectivity index is 1.34. The molecule has 0 bridgehead atoms. The van der Waals surface area contributed by atoms with Gasteiger partial charge >= 0.3 is 5.97 Å². The first-order valence-electron chi connectivity index (χ1n) is 13.2. The molecule has 0 radical (unpaired) electrons. The lowest BCUT2D eigenvalue weighted by molar-refractivity contribution is -0.144. The number of ether oxygens (including phenoxy) is 1.